The van der Waals surface area contributed by atoms with Gasteiger partial charge in [0.2, 0.25) is 0 Å². The highest BCUT2D eigenvalue weighted by Crippen LogP contribution is 2.31. The van der Waals surface area contributed by atoms with Crippen molar-refractivity contribution < 1.29 is 13.0 Å². The monoisotopic (exact) mass is 384 g/mol. The number of benzene rings is 3. The van der Waals surface area contributed by atoms with Gasteiger partial charge >= 0.3 is 0 Å². The summed E-state index contributed by atoms with van der Waals surface area (Å²) in [5, 5.41) is 0. The Labute approximate surface area is 158 Å². The van der Waals surface area contributed by atoms with E-state index < -0.39 is 10.1 Å². The van der Waals surface area contributed by atoms with Crippen LogP contribution in [0.4, 0.5) is 0 Å². The Hall–Kier alpha value is -2.08. The summed E-state index contributed by atoms with van der Waals surface area (Å²) in [5.74, 6) is 0.992. The summed E-state index contributed by atoms with van der Waals surface area (Å²) in [4.78, 5) is 1.15. The number of thioether (sulfide) groups is 1. The standard InChI is InChI=1S/C21H20O3S2/c1-16(17-11-13-20(14-12-17)26(22,23)24)21-10-6-5-7-18(21)15-25-19-8-3-2-4-9-19/h2-14,16H,15H2,1H3,(H,22,23,24). The Morgan fingerprint density at radius 2 is 1.50 bits per heavy atom. The molecule has 26 heavy (non-hydrogen) atoms. The number of hydrogen-bond acceptors (Lipinski definition) is 3. The highest BCUT2D eigenvalue weighted by molar-refractivity contribution is 7.98. The summed E-state index contributed by atoms with van der Waals surface area (Å²) < 4.78 is 31.5. The van der Waals surface area contributed by atoms with E-state index in [4.69, 9.17) is 4.55 Å². The summed E-state index contributed by atoms with van der Waals surface area (Å²) in [6, 6.07) is 25.0. The average molecular weight is 385 g/mol. The average Bonchev–Trinajstić information content (AvgIpc) is 2.66. The first-order chi connectivity index (χ1) is 12.4. The van der Waals surface area contributed by atoms with Gasteiger partial charge in [0.25, 0.3) is 10.1 Å². The Kier molecular flexibility index (Phi) is 5.81. The van der Waals surface area contributed by atoms with Gasteiger partial charge in [0.15, 0.2) is 0 Å². The summed E-state index contributed by atoms with van der Waals surface area (Å²) in [6.45, 7) is 2.11. The normalized spacial score (nSPS) is 12.7. The summed E-state index contributed by atoms with van der Waals surface area (Å²) in [5.41, 5.74) is 3.48. The highest BCUT2D eigenvalue weighted by Gasteiger charge is 2.15. The van der Waals surface area contributed by atoms with Crippen LogP contribution in [0.15, 0.2) is 88.7 Å². The van der Waals surface area contributed by atoms with Crippen LogP contribution in [0.1, 0.15) is 29.5 Å². The third kappa shape index (κ3) is 4.55. The molecule has 1 N–H and O–H groups in total. The summed E-state index contributed by atoms with van der Waals surface area (Å²) >= 11 is 1.79. The molecule has 3 rings (SSSR count). The molecule has 134 valence electrons. The lowest BCUT2D eigenvalue weighted by Gasteiger charge is -2.17. The maximum atomic E-state index is 11.2. The number of rotatable bonds is 6. The minimum Gasteiger partial charge on any atom is -0.282 e. The van der Waals surface area contributed by atoms with Crippen molar-refractivity contribution in [2.45, 2.75) is 28.4 Å². The third-order valence-electron chi connectivity index (χ3n) is 4.34. The van der Waals surface area contributed by atoms with Crippen molar-refractivity contribution in [1.29, 1.82) is 0 Å². The van der Waals surface area contributed by atoms with Crippen molar-refractivity contribution in [2.24, 2.45) is 0 Å². The van der Waals surface area contributed by atoms with Crippen LogP contribution in [0.3, 0.4) is 0 Å². The minimum atomic E-state index is -4.16. The fraction of sp³-hybridized carbons (Fsp3) is 0.143. The van der Waals surface area contributed by atoms with Crippen molar-refractivity contribution in [1.82, 2.24) is 0 Å². The Balaban J connectivity index is 1.82. The van der Waals surface area contributed by atoms with Gasteiger partial charge in [-0.25, -0.2) is 0 Å². The third-order valence-corrected chi connectivity index (χ3v) is 6.27. The molecule has 0 aliphatic rings. The highest BCUT2D eigenvalue weighted by atomic mass is 32.2. The molecule has 3 aromatic rings. The lowest BCUT2D eigenvalue weighted by molar-refractivity contribution is 0.483. The first-order valence-corrected chi connectivity index (χ1v) is 10.7. The lowest BCUT2D eigenvalue weighted by atomic mass is 9.90. The molecule has 0 fully saturated rings. The zero-order chi connectivity index (χ0) is 18.6. The zero-order valence-electron chi connectivity index (χ0n) is 14.4. The molecule has 0 aromatic heterocycles. The van der Waals surface area contributed by atoms with Gasteiger partial charge in [-0.05, 0) is 41.0 Å². The van der Waals surface area contributed by atoms with Gasteiger partial charge in [-0.15, -0.1) is 11.8 Å². The molecular formula is C21H20O3S2. The molecule has 0 bridgehead atoms. The van der Waals surface area contributed by atoms with E-state index in [1.807, 2.05) is 30.3 Å². The van der Waals surface area contributed by atoms with Gasteiger partial charge in [0, 0.05) is 16.6 Å². The zero-order valence-corrected chi connectivity index (χ0v) is 16.0. The van der Waals surface area contributed by atoms with Crippen molar-refractivity contribution in [3.63, 3.8) is 0 Å². The van der Waals surface area contributed by atoms with Crippen LogP contribution in [0.25, 0.3) is 0 Å². The van der Waals surface area contributed by atoms with Crippen molar-refractivity contribution in [2.75, 3.05) is 0 Å². The van der Waals surface area contributed by atoms with Crippen molar-refractivity contribution >= 4 is 21.9 Å². The molecule has 5 heteroatoms. The molecule has 3 nitrogen and oxygen atoms in total. The lowest BCUT2D eigenvalue weighted by Crippen LogP contribution is -2.02. The van der Waals surface area contributed by atoms with Gasteiger partial charge in [-0.2, -0.15) is 8.42 Å². The Bertz CT molecular complexity index is 966. The fourth-order valence-electron chi connectivity index (χ4n) is 2.87. The van der Waals surface area contributed by atoms with E-state index in [1.165, 1.54) is 28.2 Å². The molecule has 1 unspecified atom stereocenters. The molecule has 1 atom stereocenters. The molecule has 0 saturated carbocycles. The van der Waals surface area contributed by atoms with Crippen molar-refractivity contribution in [3.8, 4) is 0 Å². The van der Waals surface area contributed by atoms with E-state index in [2.05, 4.69) is 31.2 Å². The molecule has 0 saturated heterocycles. The Morgan fingerprint density at radius 3 is 2.15 bits per heavy atom. The predicted molar refractivity (Wildman–Crippen MR) is 106 cm³/mol. The minimum absolute atomic E-state index is 0.0821. The summed E-state index contributed by atoms with van der Waals surface area (Å²) in [7, 11) is -4.16. The smallest absolute Gasteiger partial charge is 0.282 e. The second kappa shape index (κ2) is 8.08. The SMILES string of the molecule is CC(c1ccc(S(=O)(=O)O)cc1)c1ccccc1CSc1ccccc1. The van der Waals surface area contributed by atoms with Crippen LogP contribution >= 0.6 is 11.8 Å². The van der Waals surface area contributed by atoms with E-state index in [0.717, 1.165) is 11.3 Å². The van der Waals surface area contributed by atoms with Gasteiger partial charge in [-0.1, -0.05) is 61.5 Å². The van der Waals surface area contributed by atoms with Crippen LogP contribution in [-0.2, 0) is 15.9 Å². The van der Waals surface area contributed by atoms with Gasteiger partial charge < -0.3 is 0 Å². The van der Waals surface area contributed by atoms with E-state index >= 15 is 0 Å². The second-order valence-corrected chi connectivity index (χ2v) is 8.54. The van der Waals surface area contributed by atoms with Crippen molar-refractivity contribution in [3.05, 3.63) is 95.6 Å². The molecule has 0 radical (unpaired) electrons. The van der Waals surface area contributed by atoms with E-state index in [0.29, 0.717) is 0 Å². The molecule has 0 spiro atoms. The largest absolute Gasteiger partial charge is 0.294 e. The first kappa shape index (κ1) is 18.7. The van der Waals surface area contributed by atoms with Gasteiger partial charge in [0.05, 0.1) is 4.90 Å². The summed E-state index contributed by atoms with van der Waals surface area (Å²) in [6.07, 6.45) is 0. The topological polar surface area (TPSA) is 54.4 Å². The predicted octanol–water partition coefficient (Wildman–Crippen LogP) is 5.38. The molecule has 0 heterocycles. The van der Waals surface area contributed by atoms with Gasteiger partial charge in [-0.3, -0.25) is 4.55 Å². The molecular weight excluding hydrogens is 364 g/mol. The van der Waals surface area contributed by atoms with Gasteiger partial charge in [0.1, 0.15) is 0 Å². The molecule has 0 amide bonds. The molecule has 3 aromatic carbocycles. The Morgan fingerprint density at radius 1 is 0.885 bits per heavy atom. The van der Waals surface area contributed by atoms with E-state index in [9.17, 15) is 8.42 Å². The van der Waals surface area contributed by atoms with Crippen LogP contribution in [0.2, 0.25) is 0 Å². The first-order valence-electron chi connectivity index (χ1n) is 8.28. The van der Waals surface area contributed by atoms with E-state index in [1.54, 1.807) is 23.9 Å². The fourth-order valence-corrected chi connectivity index (χ4v) is 4.29. The van der Waals surface area contributed by atoms with Crippen LogP contribution in [-0.4, -0.2) is 13.0 Å². The molecule has 0 aliphatic carbocycles. The van der Waals surface area contributed by atoms with Crippen LogP contribution < -0.4 is 0 Å². The second-order valence-electron chi connectivity index (χ2n) is 6.07. The number of hydrogen-bond donors (Lipinski definition) is 1. The maximum Gasteiger partial charge on any atom is 0.294 e. The maximum absolute atomic E-state index is 11.2. The molecule has 0 aliphatic heterocycles. The van der Waals surface area contributed by atoms with E-state index in [-0.39, 0.29) is 10.8 Å². The van der Waals surface area contributed by atoms with Crippen LogP contribution in [0.5, 0.6) is 0 Å². The van der Waals surface area contributed by atoms with Crippen LogP contribution in [0, 0.1) is 0 Å². The quantitative estimate of drug-likeness (QED) is 0.458.